The summed E-state index contributed by atoms with van der Waals surface area (Å²) in [4.78, 5) is 10.8. The summed E-state index contributed by atoms with van der Waals surface area (Å²) >= 11 is 0. The van der Waals surface area contributed by atoms with Crippen molar-refractivity contribution in [3.63, 3.8) is 0 Å². The number of hydrogen-bond donors (Lipinski definition) is 5. The van der Waals surface area contributed by atoms with E-state index in [0.29, 0.717) is 11.9 Å². The van der Waals surface area contributed by atoms with E-state index in [2.05, 4.69) is 30.9 Å². The van der Waals surface area contributed by atoms with Gasteiger partial charge in [-0.2, -0.15) is 5.26 Å². The second kappa shape index (κ2) is 5.18. The first kappa shape index (κ1) is 12.8. The molecule has 0 bridgehead atoms. The van der Waals surface area contributed by atoms with Crippen LogP contribution in [0.5, 0.6) is 0 Å². The molecule has 0 radical (unpaired) electrons. The number of aromatic nitrogens is 2. The number of nitrogens with two attached hydrogens (primary N) is 1. The largest absolute Gasteiger partial charge is 0.369 e. The minimum atomic E-state index is -0.663. The average Bonchev–Trinajstić information content (AvgIpc) is 2.75. The third-order valence-electron chi connectivity index (χ3n) is 2.40. The second-order valence-electron chi connectivity index (χ2n) is 3.49. The number of aromatic amines is 1. The number of H-pyrrole nitrogens is 1. The summed E-state index contributed by atoms with van der Waals surface area (Å²) in [5.41, 5.74) is 5.60. The van der Waals surface area contributed by atoms with Crippen molar-refractivity contribution < 1.29 is 0 Å². The van der Waals surface area contributed by atoms with Gasteiger partial charge in [-0.05, 0) is 14.0 Å². The predicted molar refractivity (Wildman–Crippen MR) is 64.7 cm³/mol. The zero-order valence-corrected chi connectivity index (χ0v) is 10.00. The predicted octanol–water partition coefficient (Wildman–Crippen LogP) is -0.970. The first-order valence-corrected chi connectivity index (χ1v) is 4.95. The first-order chi connectivity index (χ1) is 8.05. The number of nitrogens with zero attached hydrogens (tertiary/aromatic N) is 3. The van der Waals surface area contributed by atoms with E-state index in [1.54, 1.807) is 26.5 Å². The molecular weight excluding hydrogens is 220 g/mol. The third kappa shape index (κ3) is 2.85. The number of nitriles is 1. The number of nitrogen functional groups attached to an aromatic ring is 1. The fraction of sp³-hybridized carbons (Fsp3) is 0.444. The smallest absolute Gasteiger partial charge is 0.206 e. The van der Waals surface area contributed by atoms with Gasteiger partial charge < -0.3 is 16.0 Å². The van der Waals surface area contributed by atoms with Gasteiger partial charge in [0.15, 0.2) is 12.1 Å². The van der Waals surface area contributed by atoms with Gasteiger partial charge in [0.25, 0.3) is 0 Å². The van der Waals surface area contributed by atoms with E-state index in [1.807, 2.05) is 6.92 Å². The summed E-state index contributed by atoms with van der Waals surface area (Å²) in [5, 5.41) is 17.1. The summed E-state index contributed by atoms with van der Waals surface area (Å²) in [6.45, 7) is 1.87. The molecule has 92 valence electrons. The molecule has 1 aromatic rings. The number of guanidine groups is 1. The number of rotatable bonds is 3. The molecule has 1 aromatic heterocycles. The maximum absolute atomic E-state index is 8.57. The van der Waals surface area contributed by atoms with Crippen molar-refractivity contribution in [3.8, 4) is 6.19 Å². The van der Waals surface area contributed by atoms with Gasteiger partial charge in [0, 0.05) is 7.05 Å². The van der Waals surface area contributed by atoms with Gasteiger partial charge in [-0.25, -0.2) is 4.98 Å². The molecule has 0 spiro atoms. The van der Waals surface area contributed by atoms with E-state index < -0.39 is 5.66 Å². The molecule has 0 aliphatic rings. The van der Waals surface area contributed by atoms with Crippen molar-refractivity contribution in [1.82, 2.24) is 25.9 Å². The Kier molecular flexibility index (Phi) is 3.90. The van der Waals surface area contributed by atoms with E-state index >= 15 is 0 Å². The standard InChI is InChI=1S/C9H16N8/c1-9(13-3,6-4-14-7(11)16-6)17-8(12-2)15-5-10/h4,13H,1-3H3,(H3,11,14,16)(H2,12,15,17). The monoisotopic (exact) mass is 236 g/mol. The lowest BCUT2D eigenvalue weighted by molar-refractivity contribution is 0.355. The normalized spacial score (nSPS) is 14.8. The highest BCUT2D eigenvalue weighted by molar-refractivity contribution is 5.81. The minimum absolute atomic E-state index is 0.325. The Bertz CT molecular complexity index is 442. The van der Waals surface area contributed by atoms with Gasteiger partial charge in [0.2, 0.25) is 5.96 Å². The van der Waals surface area contributed by atoms with E-state index in [9.17, 15) is 0 Å². The van der Waals surface area contributed by atoms with Gasteiger partial charge in [0.1, 0.15) is 5.66 Å². The van der Waals surface area contributed by atoms with Crippen LogP contribution in [0, 0.1) is 11.5 Å². The molecule has 1 rings (SSSR count). The van der Waals surface area contributed by atoms with Crippen LogP contribution >= 0.6 is 0 Å². The number of imidazole rings is 1. The quantitative estimate of drug-likeness (QED) is 0.151. The third-order valence-corrected chi connectivity index (χ3v) is 2.40. The Hall–Kier alpha value is -2.27. The summed E-state index contributed by atoms with van der Waals surface area (Å²) in [7, 11) is 3.34. The molecule has 0 aliphatic heterocycles. The highest BCUT2D eigenvalue weighted by Crippen LogP contribution is 2.15. The Morgan fingerprint density at radius 2 is 2.41 bits per heavy atom. The summed E-state index contributed by atoms with van der Waals surface area (Å²) in [5.74, 6) is 0.670. The fourth-order valence-corrected chi connectivity index (χ4v) is 1.29. The highest BCUT2D eigenvalue weighted by atomic mass is 15.3. The first-order valence-electron chi connectivity index (χ1n) is 4.95. The average molecular weight is 236 g/mol. The molecule has 0 amide bonds. The maximum Gasteiger partial charge on any atom is 0.206 e. The van der Waals surface area contributed by atoms with Crippen LogP contribution in [0.1, 0.15) is 12.6 Å². The van der Waals surface area contributed by atoms with Crippen LogP contribution in [-0.4, -0.2) is 30.0 Å². The second-order valence-corrected chi connectivity index (χ2v) is 3.49. The Labute approximate surface area is 99.3 Å². The lowest BCUT2D eigenvalue weighted by Gasteiger charge is -2.30. The molecule has 8 heteroatoms. The van der Waals surface area contributed by atoms with Crippen molar-refractivity contribution in [2.24, 2.45) is 4.99 Å². The number of hydrogen-bond acceptors (Lipinski definition) is 5. The van der Waals surface area contributed by atoms with E-state index in [-0.39, 0.29) is 0 Å². The van der Waals surface area contributed by atoms with Gasteiger partial charge in [-0.15, -0.1) is 0 Å². The van der Waals surface area contributed by atoms with Crippen molar-refractivity contribution in [2.45, 2.75) is 12.6 Å². The highest BCUT2D eigenvalue weighted by Gasteiger charge is 2.27. The molecular formula is C9H16N8. The van der Waals surface area contributed by atoms with E-state index in [0.717, 1.165) is 5.69 Å². The minimum Gasteiger partial charge on any atom is -0.369 e. The molecule has 1 heterocycles. The van der Waals surface area contributed by atoms with Gasteiger partial charge in [0.05, 0.1) is 11.9 Å². The van der Waals surface area contributed by atoms with Crippen molar-refractivity contribution >= 4 is 11.9 Å². The van der Waals surface area contributed by atoms with Crippen LogP contribution in [0.4, 0.5) is 5.95 Å². The molecule has 0 saturated carbocycles. The van der Waals surface area contributed by atoms with E-state index in [4.69, 9.17) is 11.0 Å². The summed E-state index contributed by atoms with van der Waals surface area (Å²) in [6.07, 6.45) is 3.41. The molecule has 0 fully saturated rings. The number of anilines is 1. The maximum atomic E-state index is 8.57. The van der Waals surface area contributed by atoms with Gasteiger partial charge in [-0.3, -0.25) is 15.6 Å². The molecule has 6 N–H and O–H groups in total. The zero-order valence-electron chi connectivity index (χ0n) is 10.00. The topological polar surface area (TPSA) is 127 Å². The summed E-state index contributed by atoms with van der Waals surface area (Å²) < 4.78 is 0. The zero-order chi connectivity index (χ0) is 12.9. The van der Waals surface area contributed by atoms with Crippen LogP contribution in [-0.2, 0) is 5.66 Å². The van der Waals surface area contributed by atoms with Crippen molar-refractivity contribution in [3.05, 3.63) is 11.9 Å². The SMILES string of the molecule is CN=C(NC#N)NC(C)(NC)c1cnc(N)[nH]1. The Morgan fingerprint density at radius 1 is 1.71 bits per heavy atom. The molecule has 1 unspecified atom stereocenters. The molecule has 17 heavy (non-hydrogen) atoms. The van der Waals surface area contributed by atoms with Crippen LogP contribution in [0.25, 0.3) is 0 Å². The summed E-state index contributed by atoms with van der Waals surface area (Å²) in [6, 6.07) is 0. The van der Waals surface area contributed by atoms with Crippen molar-refractivity contribution in [2.75, 3.05) is 19.8 Å². The van der Waals surface area contributed by atoms with Crippen LogP contribution in [0.3, 0.4) is 0 Å². The Morgan fingerprint density at radius 3 is 2.82 bits per heavy atom. The molecule has 8 nitrogen and oxygen atoms in total. The molecule has 1 atom stereocenters. The lowest BCUT2D eigenvalue weighted by Crippen LogP contribution is -2.55. The number of aliphatic imine (C=N–C) groups is 1. The lowest BCUT2D eigenvalue weighted by atomic mass is 10.1. The van der Waals surface area contributed by atoms with Gasteiger partial charge >= 0.3 is 0 Å². The van der Waals surface area contributed by atoms with Crippen LogP contribution in [0.15, 0.2) is 11.2 Å². The van der Waals surface area contributed by atoms with Crippen molar-refractivity contribution in [1.29, 1.82) is 5.26 Å². The van der Waals surface area contributed by atoms with E-state index in [1.165, 1.54) is 0 Å². The molecule has 0 saturated heterocycles. The van der Waals surface area contributed by atoms with Gasteiger partial charge in [-0.1, -0.05) is 0 Å². The Balaban J connectivity index is 2.93. The molecule has 0 aliphatic carbocycles. The number of nitrogens with one attached hydrogen (secondary N) is 4. The van der Waals surface area contributed by atoms with Crippen LogP contribution < -0.4 is 21.7 Å². The molecule has 0 aromatic carbocycles. The fourth-order valence-electron chi connectivity index (χ4n) is 1.29. The van der Waals surface area contributed by atoms with Crippen LogP contribution in [0.2, 0.25) is 0 Å².